The number of nitrogens with zero attached hydrogens (tertiary/aromatic N) is 3. The van der Waals surface area contributed by atoms with Crippen molar-refractivity contribution in [3.63, 3.8) is 0 Å². The quantitative estimate of drug-likeness (QED) is 0.278. The van der Waals surface area contributed by atoms with Gasteiger partial charge in [-0.25, -0.2) is 4.98 Å². The molecule has 0 aliphatic heterocycles. The van der Waals surface area contributed by atoms with E-state index >= 15 is 0 Å². The fraction of sp³-hybridized carbons (Fsp3) is 0.556. The van der Waals surface area contributed by atoms with Crippen LogP contribution < -0.4 is 10.6 Å². The Morgan fingerprint density at radius 3 is 2.68 bits per heavy atom. The van der Waals surface area contributed by atoms with Crippen molar-refractivity contribution in [3.8, 4) is 0 Å². The molecular weight excluding hydrogens is 445 g/mol. The summed E-state index contributed by atoms with van der Waals surface area (Å²) >= 11 is 1.85. The molecule has 0 unspecified atom stereocenters. The van der Waals surface area contributed by atoms with E-state index in [1.165, 1.54) is 5.52 Å². The minimum atomic E-state index is 0. The maximum atomic E-state index is 4.61. The van der Waals surface area contributed by atoms with E-state index in [2.05, 4.69) is 70.4 Å². The van der Waals surface area contributed by atoms with Crippen LogP contribution in [0.5, 0.6) is 0 Å². The highest BCUT2D eigenvalue weighted by atomic mass is 127. The SMILES string of the molecule is CN=C(NCCCn1c(C)nc2ccccc21)NCC(C)(C)SC.I. The molecule has 140 valence electrons. The number of aryl methyl sites for hydroxylation is 2. The van der Waals surface area contributed by atoms with E-state index in [4.69, 9.17) is 0 Å². The van der Waals surface area contributed by atoms with E-state index in [1.54, 1.807) is 0 Å². The van der Waals surface area contributed by atoms with Crippen LogP contribution in [0.15, 0.2) is 29.3 Å². The Balaban J connectivity index is 0.00000312. The minimum absolute atomic E-state index is 0. The molecule has 1 aromatic heterocycles. The largest absolute Gasteiger partial charge is 0.356 e. The Bertz CT molecular complexity index is 696. The number of fused-ring (bicyclic) bond motifs is 1. The number of imidazole rings is 1. The van der Waals surface area contributed by atoms with Crippen LogP contribution >= 0.6 is 35.7 Å². The van der Waals surface area contributed by atoms with Crippen LogP contribution in [0.4, 0.5) is 0 Å². The van der Waals surface area contributed by atoms with Gasteiger partial charge in [0, 0.05) is 31.4 Å². The molecule has 0 saturated carbocycles. The van der Waals surface area contributed by atoms with Crippen molar-refractivity contribution in [1.82, 2.24) is 20.2 Å². The molecule has 2 aromatic rings. The maximum Gasteiger partial charge on any atom is 0.191 e. The molecule has 25 heavy (non-hydrogen) atoms. The van der Waals surface area contributed by atoms with Crippen LogP contribution in [0.2, 0.25) is 0 Å². The zero-order valence-electron chi connectivity index (χ0n) is 15.8. The van der Waals surface area contributed by atoms with Gasteiger partial charge in [-0.2, -0.15) is 11.8 Å². The van der Waals surface area contributed by atoms with E-state index < -0.39 is 0 Å². The Kier molecular flexibility index (Phi) is 9.06. The molecular formula is C18H30IN5S. The van der Waals surface area contributed by atoms with Crippen LogP contribution in [0, 0.1) is 6.92 Å². The maximum absolute atomic E-state index is 4.61. The second kappa shape index (κ2) is 10.3. The average molecular weight is 475 g/mol. The van der Waals surface area contributed by atoms with E-state index in [-0.39, 0.29) is 28.7 Å². The van der Waals surface area contributed by atoms with Crippen molar-refractivity contribution in [2.24, 2.45) is 4.99 Å². The third-order valence-electron chi connectivity index (χ3n) is 4.15. The number of hydrogen-bond acceptors (Lipinski definition) is 3. The summed E-state index contributed by atoms with van der Waals surface area (Å²) in [6, 6.07) is 8.30. The number of thioether (sulfide) groups is 1. The van der Waals surface area contributed by atoms with Gasteiger partial charge in [-0.3, -0.25) is 4.99 Å². The predicted octanol–water partition coefficient (Wildman–Crippen LogP) is 3.66. The van der Waals surface area contributed by atoms with E-state index in [0.29, 0.717) is 0 Å². The van der Waals surface area contributed by atoms with Crippen molar-refractivity contribution in [3.05, 3.63) is 30.1 Å². The van der Waals surface area contributed by atoms with Gasteiger partial charge < -0.3 is 15.2 Å². The third kappa shape index (κ3) is 6.36. The van der Waals surface area contributed by atoms with Crippen molar-refractivity contribution >= 4 is 52.7 Å². The fourth-order valence-corrected chi connectivity index (χ4v) is 2.73. The molecule has 5 nitrogen and oxygen atoms in total. The summed E-state index contributed by atoms with van der Waals surface area (Å²) in [4.78, 5) is 8.91. The van der Waals surface area contributed by atoms with Crippen LogP contribution in [0.25, 0.3) is 11.0 Å². The Morgan fingerprint density at radius 2 is 2.00 bits per heavy atom. The molecule has 0 aliphatic rings. The monoisotopic (exact) mass is 475 g/mol. The molecule has 0 bridgehead atoms. The number of rotatable bonds is 7. The first-order chi connectivity index (χ1) is 11.5. The van der Waals surface area contributed by atoms with Gasteiger partial charge in [0.15, 0.2) is 5.96 Å². The molecule has 1 aromatic carbocycles. The van der Waals surface area contributed by atoms with Crippen LogP contribution in [-0.2, 0) is 6.54 Å². The number of aliphatic imine (C=N–C) groups is 1. The second-order valence-corrected chi connectivity index (χ2v) is 7.98. The second-order valence-electron chi connectivity index (χ2n) is 6.47. The van der Waals surface area contributed by atoms with Gasteiger partial charge in [-0.15, -0.1) is 24.0 Å². The Morgan fingerprint density at radius 1 is 1.28 bits per heavy atom. The van der Waals surface area contributed by atoms with Crippen molar-refractivity contribution in [2.45, 2.75) is 38.5 Å². The number of hydrogen-bond donors (Lipinski definition) is 2. The molecule has 0 fully saturated rings. The average Bonchev–Trinajstić information content (AvgIpc) is 2.89. The lowest BCUT2D eigenvalue weighted by Gasteiger charge is -2.23. The summed E-state index contributed by atoms with van der Waals surface area (Å²) in [6.45, 7) is 9.24. The van der Waals surface area contributed by atoms with Gasteiger partial charge in [0.25, 0.3) is 0 Å². The molecule has 0 amide bonds. The Labute approximate surface area is 172 Å². The molecule has 7 heteroatoms. The first-order valence-electron chi connectivity index (χ1n) is 8.38. The van der Waals surface area contributed by atoms with Crippen LogP contribution in [0.3, 0.4) is 0 Å². The lowest BCUT2D eigenvalue weighted by atomic mass is 10.2. The molecule has 0 aliphatic carbocycles. The molecule has 1 heterocycles. The molecule has 2 rings (SSSR count). The first kappa shape index (κ1) is 22.1. The first-order valence-corrected chi connectivity index (χ1v) is 9.61. The highest BCUT2D eigenvalue weighted by Crippen LogP contribution is 2.19. The standard InChI is InChI=1S/C18H29N5S.HI/c1-14-22-15-9-6-7-10-16(15)23(14)12-8-11-20-17(19-4)21-13-18(2,3)24-5;/h6-7,9-10H,8,11-13H2,1-5H3,(H2,19,20,21);1H. The zero-order valence-corrected chi connectivity index (χ0v) is 18.9. The topological polar surface area (TPSA) is 54.2 Å². The highest BCUT2D eigenvalue weighted by Gasteiger charge is 2.16. The smallest absolute Gasteiger partial charge is 0.191 e. The lowest BCUT2D eigenvalue weighted by Crippen LogP contribution is -2.43. The van der Waals surface area contributed by atoms with Gasteiger partial charge >= 0.3 is 0 Å². The molecule has 0 saturated heterocycles. The summed E-state index contributed by atoms with van der Waals surface area (Å²) in [5.74, 6) is 1.93. The van der Waals surface area contributed by atoms with Crippen molar-refractivity contribution < 1.29 is 0 Å². The van der Waals surface area contributed by atoms with Gasteiger partial charge in [0.05, 0.1) is 11.0 Å². The van der Waals surface area contributed by atoms with Crippen LogP contribution in [0.1, 0.15) is 26.1 Å². The molecule has 0 radical (unpaired) electrons. The van der Waals surface area contributed by atoms with Gasteiger partial charge in [-0.05, 0) is 45.6 Å². The van der Waals surface area contributed by atoms with E-state index in [1.807, 2.05) is 24.9 Å². The van der Waals surface area contributed by atoms with Gasteiger partial charge in [0.2, 0.25) is 0 Å². The van der Waals surface area contributed by atoms with Gasteiger partial charge in [0.1, 0.15) is 5.82 Å². The molecule has 0 spiro atoms. The Hall–Kier alpha value is -0.960. The van der Waals surface area contributed by atoms with E-state index in [0.717, 1.165) is 43.4 Å². The lowest BCUT2D eigenvalue weighted by molar-refractivity contribution is 0.616. The zero-order chi connectivity index (χ0) is 17.6. The minimum Gasteiger partial charge on any atom is -0.356 e. The summed E-state index contributed by atoms with van der Waals surface area (Å²) in [5, 5.41) is 6.79. The number of nitrogens with one attached hydrogen (secondary N) is 2. The summed E-state index contributed by atoms with van der Waals surface area (Å²) < 4.78 is 2.48. The van der Waals surface area contributed by atoms with Gasteiger partial charge in [-0.1, -0.05) is 12.1 Å². The normalized spacial score (nSPS) is 12.1. The third-order valence-corrected chi connectivity index (χ3v) is 5.40. The van der Waals surface area contributed by atoms with Crippen molar-refractivity contribution in [1.29, 1.82) is 0 Å². The predicted molar refractivity (Wildman–Crippen MR) is 121 cm³/mol. The number of aromatic nitrogens is 2. The number of halogens is 1. The summed E-state index contributed by atoms with van der Waals surface area (Å²) in [7, 11) is 1.81. The van der Waals surface area contributed by atoms with Crippen LogP contribution in [-0.4, -0.2) is 46.7 Å². The molecule has 0 atom stereocenters. The summed E-state index contributed by atoms with van der Waals surface area (Å²) in [6.07, 6.45) is 3.16. The number of benzene rings is 1. The number of guanidine groups is 1. The fourth-order valence-electron chi connectivity index (χ4n) is 2.51. The number of para-hydroxylation sites is 2. The highest BCUT2D eigenvalue weighted by molar-refractivity contribution is 14.0. The van der Waals surface area contributed by atoms with Crippen molar-refractivity contribution in [2.75, 3.05) is 26.4 Å². The molecule has 2 N–H and O–H groups in total. The van der Waals surface area contributed by atoms with E-state index in [9.17, 15) is 0 Å². The summed E-state index contributed by atoms with van der Waals surface area (Å²) in [5.41, 5.74) is 2.28.